The minimum absolute atomic E-state index is 0.00727. The van der Waals surface area contributed by atoms with Crippen molar-refractivity contribution in [2.24, 2.45) is 0 Å². The van der Waals surface area contributed by atoms with Crippen LogP contribution in [0, 0.1) is 17.5 Å². The number of hydrogen-bond acceptors (Lipinski definition) is 7. The van der Waals surface area contributed by atoms with Gasteiger partial charge in [-0.15, -0.1) is 0 Å². The van der Waals surface area contributed by atoms with Gasteiger partial charge in [-0.25, -0.2) is 35.0 Å². The van der Waals surface area contributed by atoms with Crippen molar-refractivity contribution < 1.29 is 43.2 Å². The molecule has 0 radical (unpaired) electrons. The number of hydrogen-bond donors (Lipinski definition) is 1. The highest BCUT2D eigenvalue weighted by atomic mass is 32.2. The van der Waals surface area contributed by atoms with Crippen LogP contribution < -0.4 is 10.3 Å². The molecule has 0 spiro atoms. The molecule has 9 nitrogen and oxygen atoms in total. The van der Waals surface area contributed by atoms with Gasteiger partial charge in [0.2, 0.25) is 25.0 Å². The van der Waals surface area contributed by atoms with Crippen molar-refractivity contribution in [2.45, 2.75) is 37.6 Å². The van der Waals surface area contributed by atoms with E-state index in [1.165, 1.54) is 18.6 Å². The van der Waals surface area contributed by atoms with E-state index in [1.807, 2.05) is 0 Å². The van der Waals surface area contributed by atoms with Crippen LogP contribution in [0.2, 0.25) is 0 Å². The predicted molar refractivity (Wildman–Crippen MR) is 121 cm³/mol. The fourth-order valence-electron chi connectivity index (χ4n) is 3.30. The van der Waals surface area contributed by atoms with Crippen LogP contribution in [0.15, 0.2) is 28.3 Å². The molecule has 0 aliphatic carbocycles. The number of sulfone groups is 1. The highest BCUT2D eigenvalue weighted by Crippen LogP contribution is 2.32. The second kappa shape index (κ2) is 9.59. The van der Waals surface area contributed by atoms with E-state index in [0.717, 1.165) is 23.1 Å². The highest BCUT2D eigenvalue weighted by molar-refractivity contribution is 7.92. The summed E-state index contributed by atoms with van der Waals surface area (Å²) >= 11 is 0. The number of sulfonamides is 1. The normalized spacial score (nSPS) is 12.9. The van der Waals surface area contributed by atoms with Crippen molar-refractivity contribution in [1.29, 1.82) is 0 Å². The zero-order valence-corrected chi connectivity index (χ0v) is 20.8. The summed E-state index contributed by atoms with van der Waals surface area (Å²) in [6, 6.07) is 0.571. The molecule has 0 saturated carbocycles. The summed E-state index contributed by atoms with van der Waals surface area (Å²) in [6.45, 7) is 3.01. The zero-order chi connectivity index (χ0) is 28.1. The van der Waals surface area contributed by atoms with Gasteiger partial charge in [-0.05, 0) is 26.0 Å². The van der Waals surface area contributed by atoms with Gasteiger partial charge in [-0.2, -0.15) is 18.2 Å². The quantitative estimate of drug-likeness (QED) is 0.261. The zero-order valence-electron chi connectivity index (χ0n) is 19.2. The van der Waals surface area contributed by atoms with E-state index in [9.17, 15) is 48.0 Å². The molecule has 37 heavy (non-hydrogen) atoms. The second-order valence-corrected chi connectivity index (χ2v) is 12.0. The number of nitrogens with zero attached hydrogens (tertiary/aromatic N) is 3. The van der Waals surface area contributed by atoms with Gasteiger partial charge in [0.15, 0.2) is 17.5 Å². The summed E-state index contributed by atoms with van der Waals surface area (Å²) in [5.74, 6) is -7.23. The Balaban J connectivity index is 2.20. The topological polar surface area (TPSA) is 128 Å². The van der Waals surface area contributed by atoms with Crippen molar-refractivity contribution in [3.8, 4) is 11.1 Å². The molecule has 0 atom stereocenters. The fourth-order valence-corrected chi connectivity index (χ4v) is 4.89. The van der Waals surface area contributed by atoms with E-state index in [0.29, 0.717) is 6.07 Å². The lowest BCUT2D eigenvalue weighted by Gasteiger charge is -2.17. The molecular formula is C20H18F6N4O5S2. The van der Waals surface area contributed by atoms with Gasteiger partial charge in [0.05, 0.1) is 17.7 Å². The van der Waals surface area contributed by atoms with Gasteiger partial charge >= 0.3 is 6.18 Å². The van der Waals surface area contributed by atoms with Gasteiger partial charge in [0, 0.05) is 29.4 Å². The second-order valence-electron chi connectivity index (χ2n) is 8.23. The molecule has 0 bridgehead atoms. The molecule has 0 unspecified atom stereocenters. The van der Waals surface area contributed by atoms with E-state index < -0.39 is 89.2 Å². The molecule has 2 heterocycles. The molecule has 3 rings (SSSR count). The highest BCUT2D eigenvalue weighted by Gasteiger charge is 2.31. The van der Waals surface area contributed by atoms with Crippen LogP contribution in [0.5, 0.6) is 0 Å². The molecule has 1 N–H and O–H groups in total. The third kappa shape index (κ3) is 6.03. The van der Waals surface area contributed by atoms with E-state index in [4.69, 9.17) is 0 Å². The number of nitrogens with one attached hydrogen (secondary N) is 1. The maximum Gasteiger partial charge on any atom is 0.390 e. The largest absolute Gasteiger partial charge is 0.390 e. The minimum atomic E-state index is -4.93. The third-order valence-electron chi connectivity index (χ3n) is 4.96. The van der Waals surface area contributed by atoms with Crippen molar-refractivity contribution in [1.82, 2.24) is 14.5 Å². The lowest BCUT2D eigenvalue weighted by atomic mass is 10.0. The smallest absolute Gasteiger partial charge is 0.289 e. The fraction of sp³-hybridized carbons (Fsp3) is 0.350. The number of anilines is 1. The van der Waals surface area contributed by atoms with E-state index in [2.05, 4.69) is 9.97 Å². The van der Waals surface area contributed by atoms with Crippen LogP contribution in [-0.4, -0.2) is 49.6 Å². The number of alkyl halides is 3. The molecule has 0 aliphatic rings. The van der Waals surface area contributed by atoms with Gasteiger partial charge in [0.1, 0.15) is 11.3 Å². The number of fused-ring (bicyclic) bond motifs is 1. The Labute approximate surface area is 206 Å². The van der Waals surface area contributed by atoms with E-state index in [-0.39, 0.29) is 11.0 Å². The first-order chi connectivity index (χ1) is 16.8. The first kappa shape index (κ1) is 28.4. The standard InChI is InChI=1S/C20H18F6N4O5S2/c1-9(2)30-17-10(8-27-19(28-17)36(3,32)33)6-12(18(30)31)11-7-13(21)16(15(23)14(11)22)29-37(34,35)5-4-20(24,25)26/h6-9,29H,4-5H2,1-3H3. The van der Waals surface area contributed by atoms with Crippen molar-refractivity contribution in [2.75, 3.05) is 16.7 Å². The summed E-state index contributed by atoms with van der Waals surface area (Å²) in [4.78, 5) is 20.7. The molecule has 1 aromatic carbocycles. The number of benzene rings is 1. The van der Waals surface area contributed by atoms with Crippen molar-refractivity contribution in [3.05, 3.63) is 46.1 Å². The summed E-state index contributed by atoms with van der Waals surface area (Å²) in [6.07, 6.45) is -4.85. The first-order valence-corrected chi connectivity index (χ1v) is 13.7. The molecule has 17 heteroatoms. The van der Waals surface area contributed by atoms with Crippen LogP contribution in [0.4, 0.5) is 32.0 Å². The van der Waals surface area contributed by atoms with Crippen LogP contribution >= 0.6 is 0 Å². The average molecular weight is 573 g/mol. The van der Waals surface area contributed by atoms with Crippen LogP contribution in [0.1, 0.15) is 26.3 Å². The minimum Gasteiger partial charge on any atom is -0.289 e. The van der Waals surface area contributed by atoms with Crippen LogP contribution in [0.3, 0.4) is 0 Å². The Morgan fingerprint density at radius 2 is 1.65 bits per heavy atom. The van der Waals surface area contributed by atoms with Crippen LogP contribution in [-0.2, 0) is 19.9 Å². The molecule has 0 aliphatic heterocycles. The van der Waals surface area contributed by atoms with E-state index >= 15 is 0 Å². The van der Waals surface area contributed by atoms with Gasteiger partial charge in [-0.1, -0.05) is 0 Å². The summed E-state index contributed by atoms with van der Waals surface area (Å²) in [5, 5.41) is -0.597. The Morgan fingerprint density at radius 1 is 1.03 bits per heavy atom. The molecule has 3 aromatic rings. The Kier molecular flexibility index (Phi) is 7.35. The molecular weight excluding hydrogens is 554 g/mol. The summed E-state index contributed by atoms with van der Waals surface area (Å²) in [5.41, 5.74) is -4.26. The third-order valence-corrected chi connectivity index (χ3v) is 7.08. The first-order valence-electron chi connectivity index (χ1n) is 10.2. The maximum absolute atomic E-state index is 15.0. The summed E-state index contributed by atoms with van der Waals surface area (Å²) < 4.78 is 131. The molecule has 202 valence electrons. The number of halogens is 6. The van der Waals surface area contributed by atoms with Gasteiger partial charge < -0.3 is 0 Å². The van der Waals surface area contributed by atoms with Crippen molar-refractivity contribution in [3.63, 3.8) is 0 Å². The molecule has 2 aromatic heterocycles. The predicted octanol–water partition coefficient (Wildman–Crippen LogP) is 3.55. The SMILES string of the molecule is CC(C)n1c(=O)c(-c2cc(F)c(NS(=O)(=O)CCC(F)(F)F)c(F)c2F)cc2cnc(S(C)(=O)=O)nc21. The Bertz CT molecular complexity index is 1670. The lowest BCUT2D eigenvalue weighted by molar-refractivity contribution is -0.129. The van der Waals surface area contributed by atoms with Crippen LogP contribution in [0.25, 0.3) is 22.2 Å². The molecule has 0 amide bonds. The van der Waals surface area contributed by atoms with Crippen molar-refractivity contribution >= 4 is 36.6 Å². The van der Waals surface area contributed by atoms with Gasteiger partial charge in [0.25, 0.3) is 5.56 Å². The average Bonchev–Trinajstić information content (AvgIpc) is 2.76. The monoisotopic (exact) mass is 572 g/mol. The number of rotatable bonds is 7. The summed E-state index contributed by atoms with van der Waals surface area (Å²) in [7, 11) is -8.80. The van der Waals surface area contributed by atoms with E-state index in [1.54, 1.807) is 0 Å². The Morgan fingerprint density at radius 3 is 2.19 bits per heavy atom. The molecule has 0 saturated heterocycles. The maximum atomic E-state index is 15.0. The van der Waals surface area contributed by atoms with Gasteiger partial charge in [-0.3, -0.25) is 14.1 Å². The Hall–Kier alpha value is -3.21. The lowest BCUT2D eigenvalue weighted by Crippen LogP contribution is -2.26. The number of pyridine rings is 1. The molecule has 0 fully saturated rings. The number of aromatic nitrogens is 3.